The fourth-order valence-corrected chi connectivity index (χ4v) is 4.88. The van der Waals surface area contributed by atoms with Gasteiger partial charge in [0.05, 0.1) is 22.9 Å². The highest BCUT2D eigenvalue weighted by atomic mass is 32.2. The van der Waals surface area contributed by atoms with E-state index in [1.807, 2.05) is 0 Å². The van der Waals surface area contributed by atoms with Gasteiger partial charge >= 0.3 is 0 Å². The molecule has 0 saturated carbocycles. The van der Waals surface area contributed by atoms with Gasteiger partial charge in [-0.1, -0.05) is 32.0 Å². The molecule has 2 aromatic heterocycles. The Kier molecular flexibility index (Phi) is 6.93. The van der Waals surface area contributed by atoms with Gasteiger partial charge < -0.3 is 4.74 Å². The number of nitrogens with one attached hydrogen (secondary N) is 2. The van der Waals surface area contributed by atoms with Crippen molar-refractivity contribution in [2.75, 3.05) is 6.61 Å². The molecule has 188 valence electrons. The largest absolute Gasteiger partial charge is 0.492 e. The molecule has 1 amide bonds. The summed E-state index contributed by atoms with van der Waals surface area (Å²) in [4.78, 5) is 30.4. The molecule has 0 aliphatic rings. The van der Waals surface area contributed by atoms with E-state index in [1.54, 1.807) is 32.0 Å². The summed E-state index contributed by atoms with van der Waals surface area (Å²) >= 11 is 0. The van der Waals surface area contributed by atoms with Crippen molar-refractivity contribution >= 4 is 27.0 Å². The number of aryl methyl sites for hydroxylation is 1. The summed E-state index contributed by atoms with van der Waals surface area (Å²) in [6, 6.07) is 12.1. The van der Waals surface area contributed by atoms with E-state index in [0.29, 0.717) is 23.7 Å². The lowest BCUT2D eigenvalue weighted by Gasteiger charge is -2.16. The molecule has 0 atom stereocenters. The van der Waals surface area contributed by atoms with Crippen molar-refractivity contribution in [2.24, 2.45) is 5.92 Å². The maximum atomic E-state index is 13.5. The van der Waals surface area contributed by atoms with Crippen LogP contribution >= 0.6 is 0 Å². The Balaban J connectivity index is 1.83. The van der Waals surface area contributed by atoms with Crippen LogP contribution in [-0.4, -0.2) is 40.7 Å². The van der Waals surface area contributed by atoms with E-state index < -0.39 is 21.5 Å². The van der Waals surface area contributed by atoms with Crippen LogP contribution in [0.1, 0.15) is 42.6 Å². The number of benzene rings is 2. The lowest BCUT2D eigenvalue weighted by atomic mass is 10.1. The van der Waals surface area contributed by atoms with Crippen molar-refractivity contribution in [3.05, 3.63) is 76.0 Å². The van der Waals surface area contributed by atoms with E-state index in [0.717, 1.165) is 5.69 Å². The molecule has 0 fully saturated rings. The third-order valence-electron chi connectivity index (χ3n) is 5.47. The van der Waals surface area contributed by atoms with Crippen LogP contribution in [0.4, 0.5) is 0 Å². The Morgan fingerprint density at radius 1 is 1.14 bits per heavy atom. The Morgan fingerprint density at radius 3 is 2.53 bits per heavy atom. The van der Waals surface area contributed by atoms with Crippen molar-refractivity contribution < 1.29 is 17.9 Å². The Morgan fingerprint density at radius 2 is 1.86 bits per heavy atom. The van der Waals surface area contributed by atoms with Crippen molar-refractivity contribution in [1.82, 2.24) is 24.5 Å². The van der Waals surface area contributed by atoms with Crippen LogP contribution in [0.5, 0.6) is 5.75 Å². The average molecular weight is 510 g/mol. The summed E-state index contributed by atoms with van der Waals surface area (Å²) in [7, 11) is -4.26. The van der Waals surface area contributed by atoms with Crippen molar-refractivity contribution in [1.29, 1.82) is 0 Å². The van der Waals surface area contributed by atoms with E-state index in [4.69, 9.17) is 4.74 Å². The lowest BCUT2D eigenvalue weighted by molar-refractivity contribution is 0.0981. The molecule has 0 unspecified atom stereocenters. The first-order valence-corrected chi connectivity index (χ1v) is 13.0. The minimum Gasteiger partial charge on any atom is -0.492 e. The second kappa shape index (κ2) is 9.94. The molecule has 2 heterocycles. The first-order valence-electron chi connectivity index (χ1n) is 11.5. The fourth-order valence-electron chi connectivity index (χ4n) is 3.89. The Hall–Kier alpha value is -3.99. The van der Waals surface area contributed by atoms with Crippen molar-refractivity contribution in [2.45, 2.75) is 39.0 Å². The molecule has 0 saturated heterocycles. The molecule has 4 rings (SSSR count). The number of aromatic nitrogens is 4. The molecule has 0 radical (unpaired) electrons. The first kappa shape index (κ1) is 25.1. The number of fused-ring (bicyclic) bond motifs is 1. The monoisotopic (exact) mass is 509 g/mol. The number of ether oxygens (including phenoxy) is 1. The zero-order valence-corrected chi connectivity index (χ0v) is 21.2. The van der Waals surface area contributed by atoms with Gasteiger partial charge in [-0.3, -0.25) is 19.3 Å². The molecular formula is C25H27N5O5S. The van der Waals surface area contributed by atoms with E-state index >= 15 is 0 Å². The number of carbonyl (C=O) groups excluding carboxylic acids is 1. The zero-order chi connectivity index (χ0) is 26.0. The molecule has 2 N–H and O–H groups in total. The predicted octanol–water partition coefficient (Wildman–Crippen LogP) is 3.13. The molecule has 2 aromatic carbocycles. The fraction of sp³-hybridized carbons (Fsp3) is 0.280. The molecule has 0 spiro atoms. The lowest BCUT2D eigenvalue weighted by Crippen LogP contribution is -2.31. The van der Waals surface area contributed by atoms with Gasteiger partial charge in [0.2, 0.25) is 0 Å². The highest BCUT2D eigenvalue weighted by Gasteiger charge is 2.23. The third-order valence-corrected chi connectivity index (χ3v) is 6.80. The number of aromatic amines is 1. The maximum Gasteiger partial charge on any atom is 0.286 e. The summed E-state index contributed by atoms with van der Waals surface area (Å²) in [5, 5.41) is 7.09. The first-order chi connectivity index (χ1) is 17.1. The quantitative estimate of drug-likeness (QED) is 0.372. The molecule has 36 heavy (non-hydrogen) atoms. The summed E-state index contributed by atoms with van der Waals surface area (Å²) in [6.07, 6.45) is 0.672. The highest BCUT2D eigenvalue weighted by Crippen LogP contribution is 2.27. The van der Waals surface area contributed by atoms with E-state index in [9.17, 15) is 18.0 Å². The van der Waals surface area contributed by atoms with Gasteiger partial charge in [0.1, 0.15) is 17.1 Å². The molecule has 4 aromatic rings. The molecule has 11 heteroatoms. The molecule has 10 nitrogen and oxygen atoms in total. The highest BCUT2D eigenvalue weighted by molar-refractivity contribution is 7.90. The van der Waals surface area contributed by atoms with E-state index in [1.165, 1.54) is 34.9 Å². The van der Waals surface area contributed by atoms with Crippen LogP contribution in [0.3, 0.4) is 0 Å². The minimum absolute atomic E-state index is 0.143. The van der Waals surface area contributed by atoms with E-state index in [-0.39, 0.29) is 34.0 Å². The van der Waals surface area contributed by atoms with Crippen LogP contribution in [0.2, 0.25) is 0 Å². The van der Waals surface area contributed by atoms with E-state index in [2.05, 4.69) is 33.8 Å². The van der Waals surface area contributed by atoms with Crippen LogP contribution in [0.15, 0.2) is 58.2 Å². The standard InChI is InChI=1S/C25H27N5O5S/c1-5-35-21-12-11-18(36(33,34)29-24(31)17-9-7-6-8-10-17)14-20(21)30-16(4)26-22-19(13-15(2)3)27-28-23(22)25(30)32/h6-12,14-15H,5,13H2,1-4H3,(H,27,28)(H,29,31). The van der Waals surface area contributed by atoms with Gasteiger partial charge in [0.25, 0.3) is 21.5 Å². The predicted molar refractivity (Wildman–Crippen MR) is 135 cm³/mol. The van der Waals surface area contributed by atoms with Gasteiger partial charge in [-0.05, 0) is 56.5 Å². The smallest absolute Gasteiger partial charge is 0.286 e. The summed E-state index contributed by atoms with van der Waals surface area (Å²) in [6.45, 7) is 7.82. The van der Waals surface area contributed by atoms with Gasteiger partial charge in [0.15, 0.2) is 5.52 Å². The number of amides is 1. The van der Waals surface area contributed by atoms with Crippen molar-refractivity contribution in [3.8, 4) is 11.4 Å². The number of nitrogens with zero attached hydrogens (tertiary/aromatic N) is 3. The maximum absolute atomic E-state index is 13.5. The van der Waals surface area contributed by atoms with Gasteiger partial charge in [0, 0.05) is 5.56 Å². The zero-order valence-electron chi connectivity index (χ0n) is 20.4. The number of sulfonamides is 1. The van der Waals surface area contributed by atoms with Gasteiger partial charge in [-0.15, -0.1) is 0 Å². The topological polar surface area (TPSA) is 136 Å². The normalized spacial score (nSPS) is 11.7. The van der Waals surface area contributed by atoms with Gasteiger partial charge in [-0.2, -0.15) is 5.10 Å². The van der Waals surface area contributed by atoms with Gasteiger partial charge in [-0.25, -0.2) is 18.1 Å². The third kappa shape index (κ3) is 4.87. The second-order valence-corrected chi connectivity index (χ2v) is 10.3. The van der Waals surface area contributed by atoms with Crippen molar-refractivity contribution in [3.63, 3.8) is 0 Å². The summed E-state index contributed by atoms with van der Waals surface area (Å²) < 4.78 is 35.2. The molecule has 0 aliphatic carbocycles. The molecule has 0 bridgehead atoms. The number of H-pyrrole nitrogens is 1. The van der Waals surface area contributed by atoms with Crippen LogP contribution in [-0.2, 0) is 16.4 Å². The van der Waals surface area contributed by atoms with Crippen LogP contribution in [0, 0.1) is 12.8 Å². The minimum atomic E-state index is -4.26. The van der Waals surface area contributed by atoms with Crippen LogP contribution in [0.25, 0.3) is 16.7 Å². The summed E-state index contributed by atoms with van der Waals surface area (Å²) in [5.41, 5.74) is 1.30. The molecular weight excluding hydrogens is 482 g/mol. The SMILES string of the molecule is CCOc1ccc(S(=O)(=O)NC(=O)c2ccccc2)cc1-n1c(C)nc2c(CC(C)C)[nH]nc2c1=O. The number of hydrogen-bond donors (Lipinski definition) is 2. The number of carbonyl (C=O) groups is 1. The second-order valence-electron chi connectivity index (χ2n) is 8.66. The number of rotatable bonds is 8. The number of hydrogen-bond acceptors (Lipinski definition) is 7. The summed E-state index contributed by atoms with van der Waals surface area (Å²) in [5.74, 6) is 0.185. The van der Waals surface area contributed by atoms with Crippen LogP contribution < -0.4 is 15.0 Å². The Labute approximate surface area is 208 Å². The molecule has 0 aliphatic heterocycles. The Bertz CT molecular complexity index is 1590. The average Bonchev–Trinajstić information content (AvgIpc) is 3.22.